The van der Waals surface area contributed by atoms with Gasteiger partial charge in [0.25, 0.3) is 0 Å². The third kappa shape index (κ3) is 2.10. The molecule has 4 fully saturated rings. The maximum Gasteiger partial charge on any atom is 0.234 e. The zero-order valence-corrected chi connectivity index (χ0v) is 10.5. The monoisotopic (exact) mass is 236 g/mol. The van der Waals surface area contributed by atoms with Crippen LogP contribution in [0, 0.1) is 23.2 Å². The third-order valence-corrected chi connectivity index (χ3v) is 5.52. The molecule has 17 heavy (non-hydrogen) atoms. The van der Waals surface area contributed by atoms with E-state index >= 15 is 0 Å². The number of amides is 1. The average Bonchev–Trinajstić information content (AvgIpc) is 2.24. The van der Waals surface area contributed by atoms with Gasteiger partial charge in [-0.05, 0) is 74.5 Å². The molecule has 0 aliphatic heterocycles. The minimum atomic E-state index is -0.428. The van der Waals surface area contributed by atoms with Crippen LogP contribution in [0.4, 0.5) is 0 Å². The second-order valence-corrected chi connectivity index (χ2v) is 6.97. The Bertz CT molecular complexity index is 291. The van der Waals surface area contributed by atoms with Gasteiger partial charge < -0.3 is 11.5 Å². The fourth-order valence-electron chi connectivity index (χ4n) is 5.20. The van der Waals surface area contributed by atoms with Crippen LogP contribution in [0.15, 0.2) is 0 Å². The molecule has 4 rings (SSSR count). The summed E-state index contributed by atoms with van der Waals surface area (Å²) in [4.78, 5) is 11.0. The Balaban J connectivity index is 1.64. The van der Waals surface area contributed by atoms with Crippen molar-refractivity contribution in [1.29, 1.82) is 0 Å². The van der Waals surface area contributed by atoms with Crippen LogP contribution in [-0.2, 0) is 4.79 Å². The van der Waals surface area contributed by atoms with Crippen LogP contribution in [0.1, 0.15) is 51.4 Å². The summed E-state index contributed by atoms with van der Waals surface area (Å²) < 4.78 is 0. The lowest BCUT2D eigenvalue weighted by molar-refractivity contribution is -0.119. The molecule has 1 amide bonds. The Labute approximate surface area is 103 Å². The Morgan fingerprint density at radius 1 is 1.12 bits per heavy atom. The van der Waals surface area contributed by atoms with E-state index in [9.17, 15) is 4.79 Å². The molecule has 4 aliphatic carbocycles. The van der Waals surface area contributed by atoms with Crippen molar-refractivity contribution in [3.63, 3.8) is 0 Å². The molecule has 0 aromatic rings. The highest BCUT2D eigenvalue weighted by atomic mass is 16.1. The van der Waals surface area contributed by atoms with E-state index in [1.807, 2.05) is 0 Å². The van der Waals surface area contributed by atoms with E-state index < -0.39 is 6.04 Å². The summed E-state index contributed by atoms with van der Waals surface area (Å²) in [6.07, 6.45) is 10.5. The summed E-state index contributed by atoms with van der Waals surface area (Å²) in [5.41, 5.74) is 11.6. The number of hydrogen-bond acceptors (Lipinski definition) is 2. The summed E-state index contributed by atoms with van der Waals surface area (Å²) in [6, 6.07) is -0.428. The second kappa shape index (κ2) is 3.98. The fourth-order valence-corrected chi connectivity index (χ4v) is 5.20. The molecule has 3 heteroatoms. The fraction of sp³-hybridized carbons (Fsp3) is 0.929. The molecule has 96 valence electrons. The van der Waals surface area contributed by atoms with Gasteiger partial charge >= 0.3 is 0 Å². The van der Waals surface area contributed by atoms with E-state index in [4.69, 9.17) is 11.5 Å². The van der Waals surface area contributed by atoms with Crippen LogP contribution >= 0.6 is 0 Å². The highest BCUT2D eigenvalue weighted by molar-refractivity contribution is 5.79. The molecule has 4 N–H and O–H groups in total. The van der Waals surface area contributed by atoms with Gasteiger partial charge in [0.05, 0.1) is 6.04 Å². The van der Waals surface area contributed by atoms with Crippen molar-refractivity contribution in [2.24, 2.45) is 34.6 Å². The first kappa shape index (κ1) is 11.5. The maximum absolute atomic E-state index is 11.0. The largest absolute Gasteiger partial charge is 0.368 e. The lowest BCUT2D eigenvalue weighted by Gasteiger charge is -2.57. The summed E-state index contributed by atoms with van der Waals surface area (Å²) in [5.74, 6) is 2.60. The maximum atomic E-state index is 11.0. The number of rotatable bonds is 4. The lowest BCUT2D eigenvalue weighted by Crippen LogP contribution is -2.47. The molecule has 0 heterocycles. The molecular weight excluding hydrogens is 212 g/mol. The third-order valence-electron chi connectivity index (χ3n) is 5.52. The van der Waals surface area contributed by atoms with E-state index in [0.717, 1.165) is 30.6 Å². The highest BCUT2D eigenvalue weighted by Gasteiger charge is 2.50. The molecule has 0 saturated heterocycles. The van der Waals surface area contributed by atoms with Gasteiger partial charge in [0.1, 0.15) is 0 Å². The topological polar surface area (TPSA) is 69.1 Å². The molecule has 0 aromatic heterocycles. The Morgan fingerprint density at radius 2 is 1.59 bits per heavy atom. The summed E-state index contributed by atoms with van der Waals surface area (Å²) in [6.45, 7) is 0. The highest BCUT2D eigenvalue weighted by Crippen LogP contribution is 2.61. The van der Waals surface area contributed by atoms with Gasteiger partial charge in [0.2, 0.25) is 5.91 Å². The minimum absolute atomic E-state index is 0.338. The first-order chi connectivity index (χ1) is 8.06. The van der Waals surface area contributed by atoms with Gasteiger partial charge in [0, 0.05) is 0 Å². The smallest absolute Gasteiger partial charge is 0.234 e. The first-order valence-corrected chi connectivity index (χ1v) is 7.11. The molecule has 0 aromatic carbocycles. The van der Waals surface area contributed by atoms with Gasteiger partial charge in [0.15, 0.2) is 0 Å². The van der Waals surface area contributed by atoms with Crippen LogP contribution in [0.2, 0.25) is 0 Å². The summed E-state index contributed by atoms with van der Waals surface area (Å²) >= 11 is 0. The molecule has 4 saturated carbocycles. The zero-order chi connectivity index (χ0) is 12.0. The summed E-state index contributed by atoms with van der Waals surface area (Å²) in [7, 11) is 0. The second-order valence-electron chi connectivity index (χ2n) is 6.97. The number of nitrogens with two attached hydrogens (primary N) is 2. The molecule has 4 bridgehead atoms. The van der Waals surface area contributed by atoms with E-state index in [1.165, 1.54) is 38.5 Å². The van der Waals surface area contributed by atoms with Gasteiger partial charge in [-0.1, -0.05) is 0 Å². The van der Waals surface area contributed by atoms with Crippen molar-refractivity contribution < 1.29 is 4.79 Å². The number of carbonyl (C=O) groups excluding carboxylic acids is 1. The van der Waals surface area contributed by atoms with Crippen molar-refractivity contribution in [3.8, 4) is 0 Å². The van der Waals surface area contributed by atoms with Crippen molar-refractivity contribution in [2.45, 2.75) is 57.4 Å². The average molecular weight is 236 g/mol. The van der Waals surface area contributed by atoms with E-state index in [2.05, 4.69) is 0 Å². The first-order valence-electron chi connectivity index (χ1n) is 7.11. The van der Waals surface area contributed by atoms with Crippen molar-refractivity contribution >= 4 is 5.91 Å². The molecule has 1 atom stereocenters. The SMILES string of the molecule is NC(=O)C(N)CCC12CC3CC(CC(C3)C1)C2. The summed E-state index contributed by atoms with van der Waals surface area (Å²) in [5, 5.41) is 0. The van der Waals surface area contributed by atoms with Gasteiger partial charge in [-0.2, -0.15) is 0 Å². The lowest BCUT2D eigenvalue weighted by atomic mass is 9.48. The predicted octanol–water partition coefficient (Wildman–Crippen LogP) is 1.80. The number of primary amides is 1. The minimum Gasteiger partial charge on any atom is -0.368 e. The van der Waals surface area contributed by atoms with Crippen LogP contribution < -0.4 is 11.5 Å². The molecular formula is C14H24N2O. The van der Waals surface area contributed by atoms with E-state index in [0.29, 0.717) is 5.41 Å². The van der Waals surface area contributed by atoms with E-state index in [1.54, 1.807) is 0 Å². The van der Waals surface area contributed by atoms with E-state index in [-0.39, 0.29) is 5.91 Å². The normalized spacial score (nSPS) is 44.9. The quantitative estimate of drug-likeness (QED) is 0.781. The molecule has 0 radical (unpaired) electrons. The van der Waals surface area contributed by atoms with Crippen molar-refractivity contribution in [3.05, 3.63) is 0 Å². The van der Waals surface area contributed by atoms with Crippen LogP contribution in [0.25, 0.3) is 0 Å². The number of carbonyl (C=O) groups is 1. The van der Waals surface area contributed by atoms with Crippen molar-refractivity contribution in [2.75, 3.05) is 0 Å². The Hall–Kier alpha value is -0.570. The molecule has 4 aliphatic rings. The Morgan fingerprint density at radius 3 is 2.00 bits per heavy atom. The molecule has 3 nitrogen and oxygen atoms in total. The van der Waals surface area contributed by atoms with Crippen molar-refractivity contribution in [1.82, 2.24) is 0 Å². The standard InChI is InChI=1S/C14H24N2O/c15-12(13(16)17)1-2-14-6-9-3-10(7-14)5-11(4-9)8-14/h9-12H,1-8,15H2,(H2,16,17). The molecule has 1 unspecified atom stereocenters. The Kier molecular flexibility index (Phi) is 2.69. The number of hydrogen-bond donors (Lipinski definition) is 2. The zero-order valence-electron chi connectivity index (χ0n) is 10.5. The van der Waals surface area contributed by atoms with Gasteiger partial charge in [-0.3, -0.25) is 4.79 Å². The van der Waals surface area contributed by atoms with Crippen LogP contribution in [-0.4, -0.2) is 11.9 Å². The predicted molar refractivity (Wildman–Crippen MR) is 67.0 cm³/mol. The van der Waals surface area contributed by atoms with Crippen LogP contribution in [0.3, 0.4) is 0 Å². The van der Waals surface area contributed by atoms with Gasteiger partial charge in [-0.25, -0.2) is 0 Å². The van der Waals surface area contributed by atoms with Gasteiger partial charge in [-0.15, -0.1) is 0 Å². The van der Waals surface area contributed by atoms with Crippen LogP contribution in [0.5, 0.6) is 0 Å². The molecule has 0 spiro atoms.